The maximum Gasteiger partial charge on any atom is 0.408 e. The molecule has 1 aliphatic carbocycles. The quantitative estimate of drug-likeness (QED) is 0.488. The number of aromatic nitrogens is 1. The summed E-state index contributed by atoms with van der Waals surface area (Å²) in [5, 5.41) is 7.87. The number of fused-ring (bicyclic) bond motifs is 1. The van der Waals surface area contributed by atoms with E-state index in [9.17, 15) is 31.1 Å². The molecular formula is C25H24F7N5O. The molecule has 13 heteroatoms. The molecule has 1 aromatic carbocycles. The number of anilines is 2. The molecule has 3 heterocycles. The average Bonchev–Trinajstić information content (AvgIpc) is 3.67. The van der Waals surface area contributed by atoms with E-state index < -0.39 is 64.9 Å². The molecular weight excluding hydrogens is 519 g/mol. The Labute approximate surface area is 213 Å². The van der Waals surface area contributed by atoms with Gasteiger partial charge >= 0.3 is 6.18 Å². The molecule has 0 radical (unpaired) electrons. The van der Waals surface area contributed by atoms with Gasteiger partial charge in [-0.3, -0.25) is 4.79 Å². The van der Waals surface area contributed by atoms with E-state index in [1.54, 1.807) is 4.90 Å². The Morgan fingerprint density at radius 1 is 1.13 bits per heavy atom. The second kappa shape index (κ2) is 9.75. The van der Waals surface area contributed by atoms with Crippen molar-refractivity contribution in [2.75, 3.05) is 29.9 Å². The summed E-state index contributed by atoms with van der Waals surface area (Å²) in [7, 11) is 0. The predicted molar refractivity (Wildman–Crippen MR) is 125 cm³/mol. The van der Waals surface area contributed by atoms with E-state index in [0.717, 1.165) is 6.20 Å². The van der Waals surface area contributed by atoms with Crippen LogP contribution in [0.3, 0.4) is 0 Å². The van der Waals surface area contributed by atoms with Crippen molar-refractivity contribution in [3.63, 3.8) is 0 Å². The van der Waals surface area contributed by atoms with Crippen molar-refractivity contribution in [2.24, 2.45) is 5.92 Å². The monoisotopic (exact) mass is 543 g/mol. The number of carbonyl (C=O) groups is 1. The Kier molecular flexibility index (Phi) is 6.74. The fourth-order valence-electron chi connectivity index (χ4n) is 4.93. The van der Waals surface area contributed by atoms with E-state index in [2.05, 4.69) is 15.6 Å². The highest BCUT2D eigenvalue weighted by Gasteiger charge is 2.50. The SMILES string of the molecule is C[C@H]1CN(c2nc3c(c(-c4c(F)cc(F)cc4F)c2F)CC(C(=O)N[C@@H](C2CC2)C(F)(F)F)=CN3)CCN1. The molecule has 6 nitrogen and oxygen atoms in total. The number of benzene rings is 1. The number of piperazine rings is 1. The topological polar surface area (TPSA) is 69.3 Å². The van der Waals surface area contributed by atoms with Crippen LogP contribution in [0.5, 0.6) is 0 Å². The highest BCUT2D eigenvalue weighted by molar-refractivity contribution is 5.96. The minimum absolute atomic E-state index is 0.0168. The lowest BCUT2D eigenvalue weighted by atomic mass is 9.92. The lowest BCUT2D eigenvalue weighted by Crippen LogP contribution is -2.50. The number of carbonyl (C=O) groups excluding carboxylic acids is 1. The maximum atomic E-state index is 16.1. The highest BCUT2D eigenvalue weighted by Crippen LogP contribution is 2.42. The predicted octanol–water partition coefficient (Wildman–Crippen LogP) is 4.41. The van der Waals surface area contributed by atoms with Gasteiger partial charge in [-0.1, -0.05) is 0 Å². The minimum atomic E-state index is -4.66. The molecule has 0 spiro atoms. The third-order valence-corrected chi connectivity index (χ3v) is 6.92. The van der Waals surface area contributed by atoms with Crippen molar-refractivity contribution in [2.45, 2.75) is 44.4 Å². The van der Waals surface area contributed by atoms with Gasteiger partial charge in [0.25, 0.3) is 0 Å². The number of pyridine rings is 1. The molecule has 2 aliphatic heterocycles. The lowest BCUT2D eigenvalue weighted by molar-refractivity contribution is -0.164. The van der Waals surface area contributed by atoms with Gasteiger partial charge in [0.1, 0.15) is 29.3 Å². The normalized spacial score (nSPS) is 20.4. The average molecular weight is 543 g/mol. The zero-order valence-corrected chi connectivity index (χ0v) is 20.2. The smallest absolute Gasteiger partial charge is 0.351 e. The number of amides is 1. The number of rotatable bonds is 5. The van der Waals surface area contributed by atoms with Crippen LogP contribution >= 0.6 is 0 Å². The van der Waals surface area contributed by atoms with Gasteiger partial charge in [0.15, 0.2) is 11.6 Å². The Balaban J connectivity index is 1.57. The van der Waals surface area contributed by atoms with Gasteiger partial charge in [-0.05, 0) is 25.7 Å². The van der Waals surface area contributed by atoms with Crippen LogP contribution in [0.2, 0.25) is 0 Å². The molecule has 2 atom stereocenters. The molecule has 38 heavy (non-hydrogen) atoms. The number of nitrogens with zero attached hydrogens (tertiary/aromatic N) is 2. The third-order valence-electron chi connectivity index (χ3n) is 6.92. The van der Waals surface area contributed by atoms with Crippen LogP contribution in [0.25, 0.3) is 11.1 Å². The minimum Gasteiger partial charge on any atom is -0.351 e. The van der Waals surface area contributed by atoms with Gasteiger partial charge in [0.2, 0.25) is 5.91 Å². The summed E-state index contributed by atoms with van der Waals surface area (Å²) in [5.41, 5.74) is -1.78. The van der Waals surface area contributed by atoms with Gasteiger partial charge in [-0.15, -0.1) is 0 Å². The molecule has 1 saturated heterocycles. The van der Waals surface area contributed by atoms with Gasteiger partial charge in [0.05, 0.1) is 5.56 Å². The summed E-state index contributed by atoms with van der Waals surface area (Å²) in [6, 6.07) is -1.28. The Bertz CT molecular complexity index is 1280. The highest BCUT2D eigenvalue weighted by atomic mass is 19.4. The Morgan fingerprint density at radius 3 is 2.42 bits per heavy atom. The molecule has 1 amide bonds. The van der Waals surface area contributed by atoms with Gasteiger partial charge in [-0.25, -0.2) is 22.5 Å². The van der Waals surface area contributed by atoms with Crippen molar-refractivity contribution in [3.05, 3.63) is 52.7 Å². The van der Waals surface area contributed by atoms with Crippen molar-refractivity contribution in [1.29, 1.82) is 0 Å². The van der Waals surface area contributed by atoms with Crippen molar-refractivity contribution < 1.29 is 35.5 Å². The van der Waals surface area contributed by atoms with Crippen molar-refractivity contribution >= 4 is 17.5 Å². The first-order valence-electron chi connectivity index (χ1n) is 12.1. The molecule has 3 N–H and O–H groups in total. The standard InChI is InChI=1S/C25H24F7N5O/c1-11-10-37(5-4-33-11)23-20(29)18(19-16(27)7-14(26)8-17(19)28)15-6-13(9-34-22(15)36-23)24(38)35-21(12-2-3-12)25(30,31)32/h7-9,11-12,21,33H,2-6,10H2,1H3,(H,34,36)(H,35,38)/t11-,21-/m0/s1. The molecule has 0 bridgehead atoms. The fourth-order valence-corrected chi connectivity index (χ4v) is 4.93. The van der Waals surface area contributed by atoms with E-state index in [1.165, 1.54) is 0 Å². The summed E-state index contributed by atoms with van der Waals surface area (Å²) < 4.78 is 99.9. The van der Waals surface area contributed by atoms with Crippen molar-refractivity contribution in [3.8, 4) is 11.1 Å². The van der Waals surface area contributed by atoms with Gasteiger partial charge < -0.3 is 20.9 Å². The summed E-state index contributed by atoms with van der Waals surface area (Å²) in [5.74, 6) is -7.04. The van der Waals surface area contributed by atoms with Crippen LogP contribution in [0.1, 0.15) is 25.3 Å². The second-order valence-electron chi connectivity index (χ2n) is 9.82. The lowest BCUT2D eigenvalue weighted by Gasteiger charge is -2.34. The molecule has 1 saturated carbocycles. The Morgan fingerprint density at radius 2 is 1.82 bits per heavy atom. The third kappa shape index (κ3) is 5.03. The Hall–Kier alpha value is -3.35. The van der Waals surface area contributed by atoms with E-state index in [4.69, 9.17) is 0 Å². The van der Waals surface area contributed by atoms with Crippen LogP contribution < -0.4 is 20.9 Å². The zero-order chi connectivity index (χ0) is 27.4. The van der Waals surface area contributed by atoms with Crippen molar-refractivity contribution in [1.82, 2.24) is 15.6 Å². The number of hydrogen-bond acceptors (Lipinski definition) is 5. The number of nitrogens with one attached hydrogen (secondary N) is 3. The van der Waals surface area contributed by atoms with Crippen LogP contribution in [0.15, 0.2) is 23.9 Å². The van der Waals surface area contributed by atoms with E-state index in [0.29, 0.717) is 44.6 Å². The molecule has 5 rings (SSSR count). The fraction of sp³-hybridized carbons (Fsp3) is 0.440. The molecule has 2 aromatic rings. The molecule has 1 aromatic heterocycles. The number of hydrogen-bond donors (Lipinski definition) is 3. The van der Waals surface area contributed by atoms with E-state index in [-0.39, 0.29) is 28.8 Å². The first kappa shape index (κ1) is 26.3. The van der Waals surface area contributed by atoms with Gasteiger partial charge in [-0.2, -0.15) is 13.2 Å². The first-order chi connectivity index (χ1) is 17.9. The second-order valence-corrected chi connectivity index (χ2v) is 9.82. The number of alkyl halides is 3. The molecule has 0 unspecified atom stereocenters. The van der Waals surface area contributed by atoms with Crippen LogP contribution in [-0.2, 0) is 11.2 Å². The number of halogens is 7. The molecule has 204 valence electrons. The maximum absolute atomic E-state index is 16.1. The van der Waals surface area contributed by atoms with E-state index >= 15 is 4.39 Å². The van der Waals surface area contributed by atoms with Crippen LogP contribution in [-0.4, -0.2) is 48.8 Å². The van der Waals surface area contributed by atoms with E-state index in [1.807, 2.05) is 12.2 Å². The first-order valence-corrected chi connectivity index (χ1v) is 12.1. The summed E-state index contributed by atoms with van der Waals surface area (Å²) in [4.78, 5) is 18.7. The van der Waals surface area contributed by atoms with Crippen LogP contribution in [0, 0.1) is 29.2 Å². The van der Waals surface area contributed by atoms with Gasteiger partial charge in [0, 0.05) is 67.1 Å². The molecule has 2 fully saturated rings. The summed E-state index contributed by atoms with van der Waals surface area (Å²) >= 11 is 0. The molecule has 3 aliphatic rings. The summed E-state index contributed by atoms with van der Waals surface area (Å²) in [6.45, 7) is 3.03. The largest absolute Gasteiger partial charge is 0.408 e. The van der Waals surface area contributed by atoms with Crippen LogP contribution in [0.4, 0.5) is 42.4 Å². The zero-order valence-electron chi connectivity index (χ0n) is 20.2. The summed E-state index contributed by atoms with van der Waals surface area (Å²) in [6.07, 6.45) is -3.34.